The van der Waals surface area contributed by atoms with Gasteiger partial charge in [0, 0.05) is 0 Å². The molecule has 22 fully saturated rings. The average molecular weight is 973 g/mol. The lowest BCUT2D eigenvalue weighted by molar-refractivity contribution is -0.404. The summed E-state index contributed by atoms with van der Waals surface area (Å²) in [5.74, 6) is 0. The number of rotatable bonds is 6. The number of hydrogen-bond acceptors (Lipinski definition) is 30. The summed E-state index contributed by atoms with van der Waals surface area (Å²) in [5, 5.41) is 196. The first-order chi connectivity index (χ1) is 31.4. The van der Waals surface area contributed by atoms with Crippen molar-refractivity contribution in [2.45, 2.75) is 184 Å². The SMILES string of the molecule is OCC1O[C@@H]2O[C@@H]3C(CO)O[C@H](O[C@@H]4C(CO)O[C@H](O[C@@H]5C(CO)O[C@H](O[C@@H]6C(CO)O[C@H](O[C@@H]7C(CO)O[C@H](O[C@H]1C(O)[C@@H]2O)[C@@H](O)C7O)[C@@H](O)C6O)[C@@H](O)C5O)[C@@H](O)C4O)[C@@H](O)C3O. The van der Waals surface area contributed by atoms with Crippen molar-refractivity contribution in [1.29, 1.82) is 0 Å². The molecule has 22 heterocycles. The van der Waals surface area contributed by atoms with Crippen LogP contribution in [0.25, 0.3) is 0 Å². The Morgan fingerprint density at radius 2 is 0.303 bits per heavy atom. The monoisotopic (exact) mass is 972 g/mol. The Kier molecular flexibility index (Phi) is 17.6. The summed E-state index contributed by atoms with van der Waals surface area (Å²) in [6.07, 6.45) is -58.5. The van der Waals surface area contributed by atoms with Gasteiger partial charge in [-0.25, -0.2) is 0 Å². The van der Waals surface area contributed by atoms with Crippen LogP contribution in [0.3, 0.4) is 0 Å². The van der Waals surface area contributed by atoms with Gasteiger partial charge in [0.25, 0.3) is 0 Å². The van der Waals surface area contributed by atoms with Crippen molar-refractivity contribution in [2.75, 3.05) is 39.6 Å². The molecule has 18 N–H and O–H groups in total. The van der Waals surface area contributed by atoms with Crippen LogP contribution in [-0.2, 0) is 56.8 Å². The van der Waals surface area contributed by atoms with Crippen molar-refractivity contribution in [1.82, 2.24) is 0 Å². The fourth-order valence-corrected chi connectivity index (χ4v) is 8.93. The van der Waals surface area contributed by atoms with Crippen LogP contribution in [0.4, 0.5) is 0 Å². The molecule has 30 heteroatoms. The highest BCUT2D eigenvalue weighted by Gasteiger charge is 2.58. The second-order valence-electron chi connectivity index (χ2n) is 16.8. The maximum Gasteiger partial charge on any atom is 0.187 e. The van der Waals surface area contributed by atoms with E-state index in [-0.39, 0.29) is 0 Å². The number of aliphatic hydroxyl groups excluding tert-OH is 18. The number of aliphatic hydroxyl groups is 18. The molecule has 30 nitrogen and oxygen atoms in total. The van der Waals surface area contributed by atoms with Gasteiger partial charge >= 0.3 is 0 Å². The van der Waals surface area contributed by atoms with Gasteiger partial charge in [-0.15, -0.1) is 0 Å². The zero-order valence-corrected chi connectivity index (χ0v) is 34.5. The maximum atomic E-state index is 11.2. The largest absolute Gasteiger partial charge is 0.394 e. The lowest BCUT2D eigenvalue weighted by Crippen LogP contribution is -2.69. The van der Waals surface area contributed by atoms with Crippen molar-refractivity contribution in [3.63, 3.8) is 0 Å². The standard InChI is InChI=1S/C36H60O30/c37-1-7-25-13(43)19(49)31(55-7)62-26-8(2-38)57-33(21(51)15(26)45)64-28-10(4-40)59-35(23(53)17(28)47)66-30-12(6-42)60-36(24(54)18(30)48)65-29-11(5-41)58-34(22(52)16(29)46)63-27-9(3-39)56-32(61-25)20(50)14(27)44/h7-54H,1-6H2/t7?,8?,9?,10?,11?,12?,13?,14?,15?,16?,17?,18?,19-,20-,21-,22-,23-,24-,25+,26+,27+,28+,29+,30+,31+,32+,33+,34+,35+,36+/m0/s1. The zero-order valence-electron chi connectivity index (χ0n) is 34.5. The fraction of sp³-hybridized carbons (Fsp3) is 1.00. The lowest BCUT2D eigenvalue weighted by atomic mass is 9.94. The quantitative estimate of drug-likeness (QED) is 0.117. The van der Waals surface area contributed by atoms with Gasteiger partial charge in [-0.1, -0.05) is 0 Å². The molecule has 0 aromatic heterocycles. The van der Waals surface area contributed by atoms with E-state index in [4.69, 9.17) is 56.8 Å². The molecule has 0 aromatic rings. The molecule has 384 valence electrons. The van der Waals surface area contributed by atoms with Gasteiger partial charge in [0.15, 0.2) is 37.7 Å². The van der Waals surface area contributed by atoms with E-state index in [1.807, 2.05) is 0 Å². The molecular weight excluding hydrogens is 912 g/mol. The molecule has 0 amide bonds. The van der Waals surface area contributed by atoms with Gasteiger partial charge < -0.3 is 149 Å². The van der Waals surface area contributed by atoms with Crippen LogP contribution >= 0.6 is 0 Å². The third kappa shape index (κ3) is 10.0. The minimum absolute atomic E-state index is 0.999. The van der Waals surface area contributed by atoms with Crippen LogP contribution in [0.1, 0.15) is 0 Å². The molecule has 0 aliphatic carbocycles. The van der Waals surface area contributed by atoms with E-state index in [0.717, 1.165) is 0 Å². The van der Waals surface area contributed by atoms with Crippen molar-refractivity contribution < 1.29 is 149 Å². The molecule has 22 saturated heterocycles. The van der Waals surface area contributed by atoms with Gasteiger partial charge in [0.05, 0.1) is 39.6 Å². The third-order valence-electron chi connectivity index (χ3n) is 12.7. The average Bonchev–Trinajstić information content (AvgIpc) is 3.31. The molecule has 30 atom stereocenters. The Morgan fingerprint density at radius 3 is 0.409 bits per heavy atom. The molecule has 0 radical (unpaired) electrons. The summed E-state index contributed by atoms with van der Waals surface area (Å²) in [4.78, 5) is 0. The second kappa shape index (κ2) is 22.1. The van der Waals surface area contributed by atoms with Gasteiger partial charge in [0.1, 0.15) is 146 Å². The van der Waals surface area contributed by atoms with Gasteiger partial charge in [-0.2, -0.15) is 0 Å². The summed E-state index contributed by atoms with van der Waals surface area (Å²) < 4.78 is 67.9. The van der Waals surface area contributed by atoms with E-state index < -0.39 is 224 Å². The summed E-state index contributed by atoms with van der Waals surface area (Å²) >= 11 is 0. The summed E-state index contributed by atoms with van der Waals surface area (Å²) in [6, 6.07) is 0. The number of ether oxygens (including phenoxy) is 12. The van der Waals surface area contributed by atoms with Crippen molar-refractivity contribution in [3.05, 3.63) is 0 Å². The Bertz CT molecular complexity index is 1230. The zero-order chi connectivity index (χ0) is 48.0. The molecule has 0 saturated carbocycles. The van der Waals surface area contributed by atoms with Crippen molar-refractivity contribution in [2.24, 2.45) is 0 Å². The molecular formula is C36H60O30. The first kappa shape index (κ1) is 52.6. The predicted molar refractivity (Wildman–Crippen MR) is 196 cm³/mol. The van der Waals surface area contributed by atoms with Crippen LogP contribution in [0.15, 0.2) is 0 Å². The summed E-state index contributed by atoms with van der Waals surface area (Å²) in [5.41, 5.74) is 0. The van der Waals surface area contributed by atoms with E-state index in [1.165, 1.54) is 0 Å². The molecule has 0 aromatic carbocycles. The van der Waals surface area contributed by atoms with Crippen LogP contribution in [0.2, 0.25) is 0 Å². The van der Waals surface area contributed by atoms with Crippen LogP contribution in [0, 0.1) is 0 Å². The highest BCUT2D eigenvalue weighted by Crippen LogP contribution is 2.38. The maximum absolute atomic E-state index is 11.2. The molecule has 22 rings (SSSR count). The van der Waals surface area contributed by atoms with Crippen molar-refractivity contribution >= 4 is 0 Å². The molecule has 12 unspecified atom stereocenters. The Morgan fingerprint density at radius 1 is 0.182 bits per heavy atom. The van der Waals surface area contributed by atoms with Gasteiger partial charge in [-0.3, -0.25) is 0 Å². The topological polar surface area (TPSA) is 475 Å². The van der Waals surface area contributed by atoms with E-state index in [0.29, 0.717) is 0 Å². The highest BCUT2D eigenvalue weighted by molar-refractivity contribution is 5.01. The third-order valence-corrected chi connectivity index (χ3v) is 12.7. The van der Waals surface area contributed by atoms with Gasteiger partial charge in [0.2, 0.25) is 0 Å². The van der Waals surface area contributed by atoms with Crippen LogP contribution < -0.4 is 0 Å². The van der Waals surface area contributed by atoms with Crippen LogP contribution in [0.5, 0.6) is 0 Å². The lowest BCUT2D eigenvalue weighted by Gasteiger charge is -2.50. The second-order valence-corrected chi connectivity index (χ2v) is 16.8. The van der Waals surface area contributed by atoms with E-state index in [1.54, 1.807) is 0 Å². The van der Waals surface area contributed by atoms with E-state index >= 15 is 0 Å². The molecule has 0 spiro atoms. The predicted octanol–water partition coefficient (Wildman–Crippen LogP) is -13.1. The minimum atomic E-state index is -2.15. The Balaban J connectivity index is 1.19. The summed E-state index contributed by atoms with van der Waals surface area (Å²) in [6.45, 7) is -5.99. The first-order valence-electron chi connectivity index (χ1n) is 21.1. The first-order valence-corrected chi connectivity index (χ1v) is 21.1. The molecule has 22 aliphatic rings. The van der Waals surface area contributed by atoms with Crippen LogP contribution in [-0.4, -0.2) is 316 Å². The Labute approximate surface area is 372 Å². The van der Waals surface area contributed by atoms with E-state index in [2.05, 4.69) is 0 Å². The van der Waals surface area contributed by atoms with Gasteiger partial charge in [-0.05, 0) is 0 Å². The summed E-state index contributed by atoms with van der Waals surface area (Å²) in [7, 11) is 0. The van der Waals surface area contributed by atoms with Crippen molar-refractivity contribution in [3.8, 4) is 0 Å². The smallest absolute Gasteiger partial charge is 0.187 e. The highest BCUT2D eigenvalue weighted by atomic mass is 16.8. The molecule has 66 heavy (non-hydrogen) atoms. The minimum Gasteiger partial charge on any atom is -0.394 e. The van der Waals surface area contributed by atoms with E-state index in [9.17, 15) is 91.9 Å². The Hall–Kier alpha value is -1.20. The number of hydrogen-bond donors (Lipinski definition) is 18. The molecule has 22 aliphatic heterocycles. The fourth-order valence-electron chi connectivity index (χ4n) is 8.93. The molecule has 12 bridgehead atoms. The normalized spacial score (nSPS) is 55.4.